The molecule has 38 heavy (non-hydrogen) atoms. The van der Waals surface area contributed by atoms with E-state index in [0.717, 1.165) is 17.2 Å². The molecule has 0 fully saturated rings. The lowest BCUT2D eigenvalue weighted by atomic mass is 9.96. The third kappa shape index (κ3) is 5.70. The average Bonchev–Trinajstić information content (AvgIpc) is 2.88. The van der Waals surface area contributed by atoms with E-state index in [1.165, 1.54) is 14.2 Å². The Bertz CT molecular complexity index is 1390. The fraction of sp³-hybridized carbons (Fsp3) is 0.259. The van der Waals surface area contributed by atoms with Crippen LogP contribution >= 0.6 is 11.6 Å². The highest BCUT2D eigenvalue weighted by Gasteiger charge is 2.34. The fourth-order valence-corrected chi connectivity index (χ4v) is 4.58. The van der Waals surface area contributed by atoms with Gasteiger partial charge in [0.1, 0.15) is 5.82 Å². The third-order valence-corrected chi connectivity index (χ3v) is 6.55. The number of amides is 2. The van der Waals surface area contributed by atoms with Gasteiger partial charge in [0, 0.05) is 18.7 Å². The van der Waals surface area contributed by atoms with Crippen LogP contribution in [0.2, 0.25) is 5.02 Å². The van der Waals surface area contributed by atoms with Crippen molar-refractivity contribution in [1.82, 2.24) is 4.90 Å². The van der Waals surface area contributed by atoms with Crippen LogP contribution in [0.3, 0.4) is 0 Å². The van der Waals surface area contributed by atoms with E-state index in [2.05, 4.69) is 5.32 Å². The standard InChI is InChI=1S/C27H23ClF4N2O4/c1-37-22-8-5-16(13-23(22)38-2)26(36)34-10-9-18-17(14-34)4-7-20(28)25(18)33-24(35)12-15-3-6-19(21(29)11-15)27(30,31)32/h3-8,11,13H,9-10,12,14H2,1-2H3,(H,33,35). The zero-order valence-electron chi connectivity index (χ0n) is 20.4. The fourth-order valence-electron chi connectivity index (χ4n) is 4.36. The van der Waals surface area contributed by atoms with Crippen molar-refractivity contribution in [3.05, 3.63) is 87.2 Å². The Kier molecular flexibility index (Phi) is 7.82. The summed E-state index contributed by atoms with van der Waals surface area (Å²) in [6, 6.07) is 10.6. The number of hydrogen-bond donors (Lipinski definition) is 1. The van der Waals surface area contributed by atoms with Gasteiger partial charge in [0.25, 0.3) is 5.91 Å². The summed E-state index contributed by atoms with van der Waals surface area (Å²) in [7, 11) is 2.99. The predicted octanol–water partition coefficient (Wildman–Crippen LogP) is 5.89. The summed E-state index contributed by atoms with van der Waals surface area (Å²) < 4.78 is 62.8. The molecular formula is C27H23ClF4N2O4. The molecule has 0 bridgehead atoms. The number of rotatable bonds is 6. The van der Waals surface area contributed by atoms with E-state index in [4.69, 9.17) is 21.1 Å². The molecule has 1 aliphatic rings. The van der Waals surface area contributed by atoms with Gasteiger partial charge in [-0.1, -0.05) is 23.7 Å². The van der Waals surface area contributed by atoms with E-state index in [1.54, 1.807) is 35.2 Å². The maximum Gasteiger partial charge on any atom is 0.419 e. The molecule has 0 unspecified atom stereocenters. The molecule has 3 aromatic carbocycles. The molecule has 6 nitrogen and oxygen atoms in total. The van der Waals surface area contributed by atoms with E-state index < -0.39 is 23.5 Å². The molecular weight excluding hydrogens is 528 g/mol. The summed E-state index contributed by atoms with van der Waals surface area (Å²) in [6.45, 7) is 0.625. The number of anilines is 1. The van der Waals surface area contributed by atoms with Gasteiger partial charge in [-0.15, -0.1) is 0 Å². The molecule has 3 aromatic rings. The average molecular weight is 551 g/mol. The molecule has 0 saturated heterocycles. The van der Waals surface area contributed by atoms with E-state index in [9.17, 15) is 27.2 Å². The summed E-state index contributed by atoms with van der Waals surface area (Å²) in [5, 5.41) is 2.98. The Morgan fingerprint density at radius 3 is 2.42 bits per heavy atom. The second-order valence-electron chi connectivity index (χ2n) is 8.64. The highest BCUT2D eigenvalue weighted by atomic mass is 35.5. The molecule has 1 aliphatic heterocycles. The lowest BCUT2D eigenvalue weighted by molar-refractivity contribution is -0.140. The first-order valence-electron chi connectivity index (χ1n) is 11.5. The van der Waals surface area contributed by atoms with Gasteiger partial charge < -0.3 is 19.7 Å². The number of alkyl halides is 3. The zero-order chi connectivity index (χ0) is 27.6. The van der Waals surface area contributed by atoms with Crippen LogP contribution in [-0.2, 0) is 30.4 Å². The van der Waals surface area contributed by atoms with Gasteiger partial charge in [-0.3, -0.25) is 9.59 Å². The van der Waals surface area contributed by atoms with Crippen molar-refractivity contribution in [3.63, 3.8) is 0 Å². The summed E-state index contributed by atoms with van der Waals surface area (Å²) in [6.07, 6.45) is -4.77. The second-order valence-corrected chi connectivity index (χ2v) is 9.05. The first-order chi connectivity index (χ1) is 18.0. The minimum absolute atomic E-state index is 0.0839. The van der Waals surface area contributed by atoms with Crippen LogP contribution in [0.25, 0.3) is 0 Å². The number of methoxy groups -OCH3 is 2. The summed E-state index contributed by atoms with van der Waals surface area (Å²) in [5.41, 5.74) is 1.01. The number of nitrogens with zero attached hydrogens (tertiary/aromatic N) is 1. The van der Waals surface area contributed by atoms with Crippen LogP contribution in [0, 0.1) is 5.82 Å². The molecule has 0 spiro atoms. The molecule has 4 rings (SSSR count). The molecule has 200 valence electrons. The van der Waals surface area contributed by atoms with Crippen molar-refractivity contribution in [3.8, 4) is 11.5 Å². The van der Waals surface area contributed by atoms with Crippen molar-refractivity contribution >= 4 is 29.1 Å². The second kappa shape index (κ2) is 10.9. The number of benzene rings is 3. The number of carbonyl (C=O) groups is 2. The molecule has 0 radical (unpaired) electrons. The number of hydrogen-bond acceptors (Lipinski definition) is 4. The molecule has 0 saturated carbocycles. The molecule has 2 amide bonds. The van der Waals surface area contributed by atoms with Crippen molar-refractivity contribution in [1.29, 1.82) is 0 Å². The van der Waals surface area contributed by atoms with Gasteiger partial charge in [0.15, 0.2) is 11.5 Å². The SMILES string of the molecule is COc1ccc(C(=O)N2CCc3c(ccc(Cl)c3NC(=O)Cc3ccc(C(F)(F)F)c(F)c3)C2)cc1OC. The van der Waals surface area contributed by atoms with E-state index >= 15 is 0 Å². The minimum Gasteiger partial charge on any atom is -0.493 e. The number of carbonyl (C=O) groups excluding carboxylic acids is 2. The van der Waals surface area contributed by atoms with Gasteiger partial charge in [-0.2, -0.15) is 13.2 Å². The summed E-state index contributed by atoms with van der Waals surface area (Å²) in [5.74, 6) is -1.29. The molecule has 11 heteroatoms. The quantitative estimate of drug-likeness (QED) is 0.388. The van der Waals surface area contributed by atoms with E-state index in [-0.39, 0.29) is 29.5 Å². The molecule has 0 aromatic heterocycles. The van der Waals surface area contributed by atoms with Crippen LogP contribution in [-0.4, -0.2) is 37.5 Å². The topological polar surface area (TPSA) is 67.9 Å². The highest BCUT2D eigenvalue weighted by Crippen LogP contribution is 2.35. The number of fused-ring (bicyclic) bond motifs is 1. The van der Waals surface area contributed by atoms with Gasteiger partial charge in [0.05, 0.1) is 36.9 Å². The maximum atomic E-state index is 13.9. The van der Waals surface area contributed by atoms with Crippen LogP contribution in [0.4, 0.5) is 23.2 Å². The van der Waals surface area contributed by atoms with Crippen molar-refractivity contribution in [2.24, 2.45) is 0 Å². The van der Waals surface area contributed by atoms with Crippen LogP contribution < -0.4 is 14.8 Å². The van der Waals surface area contributed by atoms with Gasteiger partial charge in [-0.25, -0.2) is 4.39 Å². The predicted molar refractivity (Wildman–Crippen MR) is 133 cm³/mol. The largest absolute Gasteiger partial charge is 0.493 e. The summed E-state index contributed by atoms with van der Waals surface area (Å²) in [4.78, 5) is 27.5. The Hall–Kier alpha value is -3.79. The first-order valence-corrected chi connectivity index (χ1v) is 11.9. The highest BCUT2D eigenvalue weighted by molar-refractivity contribution is 6.34. The first kappa shape index (κ1) is 27.3. The van der Waals surface area contributed by atoms with Crippen molar-refractivity contribution < 1.29 is 36.6 Å². The summed E-state index contributed by atoms with van der Waals surface area (Å²) >= 11 is 6.36. The monoisotopic (exact) mass is 550 g/mol. The molecule has 1 heterocycles. The zero-order valence-corrected chi connectivity index (χ0v) is 21.2. The van der Waals surface area contributed by atoms with Gasteiger partial charge >= 0.3 is 6.18 Å². The molecule has 1 N–H and O–H groups in total. The van der Waals surface area contributed by atoms with Crippen LogP contribution in [0.5, 0.6) is 11.5 Å². The Morgan fingerprint density at radius 1 is 1.03 bits per heavy atom. The van der Waals surface area contributed by atoms with E-state index in [1.807, 2.05) is 0 Å². The van der Waals surface area contributed by atoms with Gasteiger partial charge in [-0.05, 0) is 59.5 Å². The minimum atomic E-state index is -4.82. The maximum absolute atomic E-state index is 13.9. The molecule has 0 atom stereocenters. The number of halogens is 5. The van der Waals surface area contributed by atoms with Gasteiger partial charge in [0.2, 0.25) is 5.91 Å². The van der Waals surface area contributed by atoms with Crippen molar-refractivity contribution in [2.45, 2.75) is 25.6 Å². The van der Waals surface area contributed by atoms with Crippen molar-refractivity contribution in [2.75, 3.05) is 26.1 Å². The van der Waals surface area contributed by atoms with E-state index in [0.29, 0.717) is 47.8 Å². The number of ether oxygens (including phenoxy) is 2. The Balaban J connectivity index is 1.49. The lowest BCUT2D eigenvalue weighted by Crippen LogP contribution is -2.36. The smallest absolute Gasteiger partial charge is 0.419 e. The molecule has 0 aliphatic carbocycles. The number of nitrogens with one attached hydrogen (secondary N) is 1. The third-order valence-electron chi connectivity index (χ3n) is 6.24. The lowest BCUT2D eigenvalue weighted by Gasteiger charge is -2.31. The Labute approximate surface area is 221 Å². The van der Waals surface area contributed by atoms with Crippen LogP contribution in [0.15, 0.2) is 48.5 Å². The normalized spacial score (nSPS) is 13.1. The Morgan fingerprint density at radius 2 is 1.76 bits per heavy atom. The van der Waals surface area contributed by atoms with Crippen LogP contribution in [0.1, 0.15) is 32.6 Å².